The Morgan fingerprint density at radius 1 is 1.42 bits per heavy atom. The molecule has 110 valence electrons. The molecule has 3 N–H and O–H groups in total. The van der Waals surface area contributed by atoms with Gasteiger partial charge in [-0.15, -0.1) is 0 Å². The number of nitrogens with zero attached hydrogens (tertiary/aromatic N) is 1. The third-order valence-electron chi connectivity index (χ3n) is 4.75. The van der Waals surface area contributed by atoms with E-state index in [1.54, 1.807) is 7.11 Å². The summed E-state index contributed by atoms with van der Waals surface area (Å²) in [5.74, 6) is -0.182. The summed E-state index contributed by atoms with van der Waals surface area (Å²) in [4.78, 5) is 13.7. The van der Waals surface area contributed by atoms with E-state index in [1.807, 2.05) is 0 Å². The van der Waals surface area contributed by atoms with E-state index in [-0.39, 0.29) is 0 Å². The predicted molar refractivity (Wildman–Crippen MR) is 73.0 cm³/mol. The standard InChI is InChI=1S/C14H26N2O3/c1-19-10-11-4-7-16(8-5-11)12-3-2-6-14(15,9-12)13(17)18/h11-12H,2-10,15H2,1H3,(H,17,18). The molecule has 1 saturated heterocycles. The second-order valence-corrected chi connectivity index (χ2v) is 6.15. The Kier molecular flexibility index (Phi) is 4.81. The summed E-state index contributed by atoms with van der Waals surface area (Å²) in [6.07, 6.45) is 5.51. The normalized spacial score (nSPS) is 34.3. The Bertz CT molecular complexity index is 316. The lowest BCUT2D eigenvalue weighted by Gasteiger charge is -2.43. The Morgan fingerprint density at radius 2 is 2.11 bits per heavy atom. The van der Waals surface area contributed by atoms with Gasteiger partial charge in [0.1, 0.15) is 5.54 Å². The zero-order valence-electron chi connectivity index (χ0n) is 11.8. The van der Waals surface area contributed by atoms with Crippen LogP contribution in [0.5, 0.6) is 0 Å². The van der Waals surface area contributed by atoms with Gasteiger partial charge in [0.05, 0.1) is 0 Å². The minimum atomic E-state index is -1.01. The van der Waals surface area contributed by atoms with Crippen molar-refractivity contribution in [3.8, 4) is 0 Å². The molecule has 2 rings (SSSR count). The molecule has 5 heteroatoms. The molecule has 1 heterocycles. The van der Waals surface area contributed by atoms with Crippen LogP contribution in [0.25, 0.3) is 0 Å². The molecule has 0 bridgehead atoms. The van der Waals surface area contributed by atoms with Gasteiger partial charge in [0, 0.05) is 19.8 Å². The number of hydrogen-bond donors (Lipinski definition) is 2. The maximum Gasteiger partial charge on any atom is 0.323 e. The van der Waals surface area contributed by atoms with Crippen LogP contribution in [0.2, 0.25) is 0 Å². The van der Waals surface area contributed by atoms with Gasteiger partial charge in [-0.1, -0.05) is 0 Å². The highest BCUT2D eigenvalue weighted by molar-refractivity contribution is 5.78. The third kappa shape index (κ3) is 3.46. The second-order valence-electron chi connectivity index (χ2n) is 6.15. The molecule has 1 saturated carbocycles. The van der Waals surface area contributed by atoms with Gasteiger partial charge < -0.3 is 20.5 Å². The average Bonchev–Trinajstić information content (AvgIpc) is 2.40. The summed E-state index contributed by atoms with van der Waals surface area (Å²) >= 11 is 0. The molecule has 0 aromatic heterocycles. The van der Waals surface area contributed by atoms with Crippen LogP contribution in [0.1, 0.15) is 38.5 Å². The Hall–Kier alpha value is -0.650. The van der Waals surface area contributed by atoms with Crippen molar-refractivity contribution in [2.45, 2.75) is 50.1 Å². The van der Waals surface area contributed by atoms with E-state index >= 15 is 0 Å². The maximum absolute atomic E-state index is 11.3. The Morgan fingerprint density at radius 3 is 2.68 bits per heavy atom. The smallest absolute Gasteiger partial charge is 0.323 e. The maximum atomic E-state index is 11.3. The molecule has 1 aliphatic carbocycles. The lowest BCUT2D eigenvalue weighted by Crippen LogP contribution is -2.56. The number of likely N-dealkylation sites (tertiary alicyclic amines) is 1. The van der Waals surface area contributed by atoms with Crippen molar-refractivity contribution in [1.82, 2.24) is 4.90 Å². The fourth-order valence-corrected chi connectivity index (χ4v) is 3.50. The van der Waals surface area contributed by atoms with Crippen molar-refractivity contribution < 1.29 is 14.6 Å². The molecule has 2 unspecified atom stereocenters. The first kappa shape index (κ1) is 14.8. The number of methoxy groups -OCH3 is 1. The molecule has 2 atom stereocenters. The summed E-state index contributed by atoms with van der Waals surface area (Å²) in [5, 5.41) is 9.27. The largest absolute Gasteiger partial charge is 0.480 e. The second kappa shape index (κ2) is 6.20. The van der Waals surface area contributed by atoms with Gasteiger partial charge in [-0.2, -0.15) is 0 Å². The highest BCUT2D eigenvalue weighted by Crippen LogP contribution is 2.32. The molecule has 19 heavy (non-hydrogen) atoms. The fraction of sp³-hybridized carbons (Fsp3) is 0.929. The van der Waals surface area contributed by atoms with E-state index < -0.39 is 11.5 Å². The number of hydrogen-bond acceptors (Lipinski definition) is 4. The summed E-state index contributed by atoms with van der Waals surface area (Å²) in [6, 6.07) is 0.346. The number of carboxylic acid groups (broad SMARTS) is 1. The quantitative estimate of drug-likeness (QED) is 0.799. The molecular weight excluding hydrogens is 244 g/mol. The van der Waals surface area contributed by atoms with E-state index in [4.69, 9.17) is 10.5 Å². The van der Waals surface area contributed by atoms with E-state index in [9.17, 15) is 9.90 Å². The number of ether oxygens (including phenoxy) is 1. The van der Waals surface area contributed by atoms with E-state index in [0.29, 0.717) is 24.8 Å². The number of aliphatic carboxylic acids is 1. The zero-order chi connectivity index (χ0) is 13.9. The first-order valence-electron chi connectivity index (χ1n) is 7.30. The molecular formula is C14H26N2O3. The van der Waals surface area contributed by atoms with Crippen LogP contribution in [-0.4, -0.2) is 54.4 Å². The molecule has 0 spiro atoms. The Labute approximate surface area is 115 Å². The molecule has 0 aromatic rings. The van der Waals surface area contributed by atoms with Crippen LogP contribution >= 0.6 is 0 Å². The topological polar surface area (TPSA) is 75.8 Å². The minimum Gasteiger partial charge on any atom is -0.480 e. The monoisotopic (exact) mass is 270 g/mol. The number of carbonyl (C=O) groups is 1. The van der Waals surface area contributed by atoms with Gasteiger partial charge in [0.15, 0.2) is 0 Å². The van der Waals surface area contributed by atoms with Crippen LogP contribution in [-0.2, 0) is 9.53 Å². The van der Waals surface area contributed by atoms with Crippen molar-refractivity contribution in [3.63, 3.8) is 0 Å². The lowest BCUT2D eigenvalue weighted by atomic mass is 9.78. The number of piperidine rings is 1. The molecule has 0 aromatic carbocycles. The molecule has 2 fully saturated rings. The molecule has 0 radical (unpaired) electrons. The Balaban J connectivity index is 1.87. The average molecular weight is 270 g/mol. The molecule has 2 aliphatic rings. The third-order valence-corrected chi connectivity index (χ3v) is 4.75. The van der Waals surface area contributed by atoms with Gasteiger partial charge in [-0.05, 0) is 57.5 Å². The van der Waals surface area contributed by atoms with Gasteiger partial charge in [-0.25, -0.2) is 0 Å². The first-order valence-corrected chi connectivity index (χ1v) is 7.30. The number of rotatable bonds is 4. The van der Waals surface area contributed by atoms with E-state index in [2.05, 4.69) is 4.90 Å². The van der Waals surface area contributed by atoms with Crippen LogP contribution in [0.4, 0.5) is 0 Å². The van der Waals surface area contributed by atoms with Gasteiger partial charge in [0.25, 0.3) is 0 Å². The highest BCUT2D eigenvalue weighted by Gasteiger charge is 2.41. The molecule has 5 nitrogen and oxygen atoms in total. The van der Waals surface area contributed by atoms with Crippen molar-refractivity contribution in [2.24, 2.45) is 11.7 Å². The lowest BCUT2D eigenvalue weighted by molar-refractivity contribution is -0.145. The number of nitrogens with two attached hydrogens (primary N) is 1. The van der Waals surface area contributed by atoms with Crippen molar-refractivity contribution in [2.75, 3.05) is 26.8 Å². The van der Waals surface area contributed by atoms with Crippen LogP contribution in [0.3, 0.4) is 0 Å². The predicted octanol–water partition coefficient (Wildman–Crippen LogP) is 1.07. The van der Waals surface area contributed by atoms with E-state index in [0.717, 1.165) is 45.4 Å². The fourth-order valence-electron chi connectivity index (χ4n) is 3.50. The van der Waals surface area contributed by atoms with Crippen molar-refractivity contribution >= 4 is 5.97 Å². The van der Waals surface area contributed by atoms with Crippen LogP contribution in [0.15, 0.2) is 0 Å². The van der Waals surface area contributed by atoms with Crippen LogP contribution < -0.4 is 5.73 Å². The number of carboxylic acids is 1. The first-order chi connectivity index (χ1) is 9.05. The van der Waals surface area contributed by atoms with Crippen molar-refractivity contribution in [1.29, 1.82) is 0 Å². The summed E-state index contributed by atoms with van der Waals surface area (Å²) in [5.41, 5.74) is 5.02. The molecule has 1 aliphatic heterocycles. The summed E-state index contributed by atoms with van der Waals surface area (Å²) < 4.78 is 5.21. The molecule has 0 amide bonds. The van der Waals surface area contributed by atoms with Gasteiger partial charge in [-0.3, -0.25) is 4.79 Å². The van der Waals surface area contributed by atoms with E-state index in [1.165, 1.54) is 0 Å². The summed E-state index contributed by atoms with van der Waals surface area (Å²) in [6.45, 7) is 2.94. The highest BCUT2D eigenvalue weighted by atomic mass is 16.5. The minimum absolute atomic E-state index is 0.346. The van der Waals surface area contributed by atoms with Crippen LogP contribution in [0, 0.1) is 5.92 Å². The van der Waals surface area contributed by atoms with Gasteiger partial charge >= 0.3 is 5.97 Å². The van der Waals surface area contributed by atoms with Crippen molar-refractivity contribution in [3.05, 3.63) is 0 Å². The SMILES string of the molecule is COCC1CCN(C2CCCC(N)(C(=O)O)C2)CC1. The van der Waals surface area contributed by atoms with Gasteiger partial charge in [0.2, 0.25) is 0 Å². The zero-order valence-corrected chi connectivity index (χ0v) is 11.8. The summed E-state index contributed by atoms with van der Waals surface area (Å²) in [7, 11) is 1.75.